The summed E-state index contributed by atoms with van der Waals surface area (Å²) in [5.74, 6) is 2.58. The van der Waals surface area contributed by atoms with Gasteiger partial charge in [0.15, 0.2) is 0 Å². The zero-order valence-corrected chi connectivity index (χ0v) is 13.4. The maximum Gasteiger partial charge on any atom is 0.107 e. The Hall–Kier alpha value is 0.290. The highest BCUT2D eigenvalue weighted by atomic mass is 32.2. The normalized spacial score (nSPS) is 32.2. The monoisotopic (exact) mass is 300 g/mol. The van der Waals surface area contributed by atoms with Crippen LogP contribution in [0, 0.1) is 0 Å². The molecule has 2 heterocycles. The van der Waals surface area contributed by atoms with Gasteiger partial charge in [-0.1, -0.05) is 6.92 Å². The van der Waals surface area contributed by atoms with Gasteiger partial charge in [0, 0.05) is 21.6 Å². The molecule has 0 spiro atoms. The second kappa shape index (κ2) is 5.73. The number of rotatable bonds is 2. The maximum atomic E-state index is 5.00. The predicted octanol–water partition coefficient (Wildman–Crippen LogP) is 3.65. The van der Waals surface area contributed by atoms with Gasteiger partial charge in [0.2, 0.25) is 0 Å². The van der Waals surface area contributed by atoms with Crippen LogP contribution in [-0.2, 0) is 6.42 Å². The molecule has 0 bridgehead atoms. The summed E-state index contributed by atoms with van der Waals surface area (Å²) in [6, 6.07) is 0.496. The maximum absolute atomic E-state index is 5.00. The first-order chi connectivity index (χ1) is 8.79. The zero-order valence-electron chi connectivity index (χ0n) is 10.9. The van der Waals surface area contributed by atoms with Crippen molar-refractivity contribution in [3.63, 3.8) is 0 Å². The molecule has 3 unspecified atom stereocenters. The number of nitrogens with zero attached hydrogens (tertiary/aromatic N) is 1. The van der Waals surface area contributed by atoms with Crippen molar-refractivity contribution in [2.45, 2.75) is 42.7 Å². The number of aryl methyl sites for hydroxylation is 1. The van der Waals surface area contributed by atoms with Crippen LogP contribution in [0.25, 0.3) is 0 Å². The molecule has 2 nitrogen and oxygen atoms in total. The van der Waals surface area contributed by atoms with Crippen molar-refractivity contribution in [1.29, 1.82) is 0 Å². The fourth-order valence-electron chi connectivity index (χ4n) is 2.74. The second-order valence-corrected chi connectivity index (χ2v) is 8.81. The van der Waals surface area contributed by atoms with Crippen molar-refractivity contribution >= 4 is 34.9 Å². The lowest BCUT2D eigenvalue weighted by atomic mass is 9.98. The lowest BCUT2D eigenvalue weighted by Crippen LogP contribution is -2.21. The number of hydrogen-bond acceptors (Lipinski definition) is 5. The Bertz CT molecular complexity index is 418. The van der Waals surface area contributed by atoms with Gasteiger partial charge in [-0.3, -0.25) is 0 Å². The molecule has 1 fully saturated rings. The van der Waals surface area contributed by atoms with Crippen LogP contribution in [0.2, 0.25) is 0 Å². The Morgan fingerprint density at radius 1 is 1.28 bits per heavy atom. The molecule has 3 atom stereocenters. The number of thiazole rings is 1. The first kappa shape index (κ1) is 13.3. The summed E-state index contributed by atoms with van der Waals surface area (Å²) in [5.41, 5.74) is 1.35. The summed E-state index contributed by atoms with van der Waals surface area (Å²) in [5, 5.41) is 6.14. The first-order valence-electron chi connectivity index (χ1n) is 6.69. The molecule has 3 rings (SSSR count). The lowest BCUT2D eigenvalue weighted by Gasteiger charge is -2.26. The topological polar surface area (TPSA) is 24.9 Å². The molecule has 1 aromatic rings. The number of aromatic nitrogens is 1. The fraction of sp³-hybridized carbons (Fsp3) is 0.769. The Balaban J connectivity index is 1.87. The SMILES string of the molecule is CNC1CCCc2sc(C3SCCSC3C)nc21. The fourth-order valence-corrected chi connectivity index (χ4v) is 7.07. The van der Waals surface area contributed by atoms with Crippen molar-refractivity contribution < 1.29 is 0 Å². The Morgan fingerprint density at radius 3 is 2.89 bits per heavy atom. The third kappa shape index (κ3) is 2.47. The molecule has 1 saturated heterocycles. The van der Waals surface area contributed by atoms with Gasteiger partial charge in [0.05, 0.1) is 17.0 Å². The summed E-state index contributed by atoms with van der Waals surface area (Å²) in [7, 11) is 2.06. The molecule has 18 heavy (non-hydrogen) atoms. The van der Waals surface area contributed by atoms with Crippen LogP contribution in [0.4, 0.5) is 0 Å². The second-order valence-electron chi connectivity index (χ2n) is 4.96. The van der Waals surface area contributed by atoms with E-state index in [4.69, 9.17) is 4.98 Å². The molecule has 1 aliphatic heterocycles. The minimum absolute atomic E-state index is 0.496. The highest BCUT2D eigenvalue weighted by Gasteiger charge is 2.30. The average Bonchev–Trinajstić information content (AvgIpc) is 2.82. The minimum atomic E-state index is 0.496. The molecule has 1 aliphatic carbocycles. The van der Waals surface area contributed by atoms with E-state index in [1.165, 1.54) is 41.5 Å². The van der Waals surface area contributed by atoms with Gasteiger partial charge in [-0.15, -0.1) is 23.1 Å². The van der Waals surface area contributed by atoms with Crippen molar-refractivity contribution in [3.8, 4) is 0 Å². The average molecular weight is 301 g/mol. The summed E-state index contributed by atoms with van der Waals surface area (Å²) in [4.78, 5) is 6.54. The molecule has 0 radical (unpaired) electrons. The smallest absolute Gasteiger partial charge is 0.107 e. The number of nitrogens with one attached hydrogen (secondary N) is 1. The molecule has 1 aromatic heterocycles. The minimum Gasteiger partial charge on any atom is -0.312 e. The summed E-state index contributed by atoms with van der Waals surface area (Å²) < 4.78 is 0. The molecule has 0 amide bonds. The number of hydrogen-bond donors (Lipinski definition) is 1. The van der Waals surface area contributed by atoms with Crippen LogP contribution in [0.3, 0.4) is 0 Å². The van der Waals surface area contributed by atoms with E-state index in [2.05, 4.69) is 42.8 Å². The van der Waals surface area contributed by atoms with Gasteiger partial charge < -0.3 is 5.32 Å². The Kier molecular flexibility index (Phi) is 4.23. The van der Waals surface area contributed by atoms with Crippen LogP contribution in [0.15, 0.2) is 0 Å². The van der Waals surface area contributed by atoms with Crippen molar-refractivity contribution in [1.82, 2.24) is 10.3 Å². The molecular weight excluding hydrogens is 280 g/mol. The lowest BCUT2D eigenvalue weighted by molar-refractivity contribution is 0.489. The highest BCUT2D eigenvalue weighted by Crippen LogP contribution is 2.45. The van der Waals surface area contributed by atoms with Crippen LogP contribution < -0.4 is 5.32 Å². The van der Waals surface area contributed by atoms with Gasteiger partial charge in [0.25, 0.3) is 0 Å². The molecule has 5 heteroatoms. The van der Waals surface area contributed by atoms with E-state index in [-0.39, 0.29) is 0 Å². The van der Waals surface area contributed by atoms with Gasteiger partial charge >= 0.3 is 0 Å². The molecular formula is C13H20N2S3. The van der Waals surface area contributed by atoms with E-state index in [9.17, 15) is 0 Å². The first-order valence-corrected chi connectivity index (χ1v) is 9.61. The third-order valence-corrected chi connectivity index (χ3v) is 8.21. The standard InChI is InChI=1S/C13H20N2S3/c1-8-12(17-7-6-16-8)13-15-11-9(14-2)4-3-5-10(11)18-13/h8-9,12,14H,3-7H2,1-2H3. The summed E-state index contributed by atoms with van der Waals surface area (Å²) in [6.45, 7) is 2.36. The molecule has 0 aromatic carbocycles. The quantitative estimate of drug-likeness (QED) is 0.901. The van der Waals surface area contributed by atoms with Gasteiger partial charge in [-0.25, -0.2) is 4.98 Å². The van der Waals surface area contributed by atoms with Crippen LogP contribution in [0.5, 0.6) is 0 Å². The Morgan fingerprint density at radius 2 is 2.11 bits per heavy atom. The Labute approximate surface area is 122 Å². The van der Waals surface area contributed by atoms with E-state index in [0.717, 1.165) is 0 Å². The van der Waals surface area contributed by atoms with Crippen molar-refractivity contribution in [3.05, 3.63) is 15.6 Å². The van der Waals surface area contributed by atoms with Crippen molar-refractivity contribution in [2.24, 2.45) is 0 Å². The molecule has 0 saturated carbocycles. The van der Waals surface area contributed by atoms with E-state index in [1.807, 2.05) is 11.3 Å². The van der Waals surface area contributed by atoms with E-state index in [1.54, 1.807) is 4.88 Å². The van der Waals surface area contributed by atoms with Gasteiger partial charge in [0.1, 0.15) is 5.01 Å². The molecule has 100 valence electrons. The number of thioether (sulfide) groups is 2. The zero-order chi connectivity index (χ0) is 12.5. The van der Waals surface area contributed by atoms with E-state index in [0.29, 0.717) is 16.5 Å². The molecule has 1 N–H and O–H groups in total. The van der Waals surface area contributed by atoms with Gasteiger partial charge in [-0.05, 0) is 26.3 Å². The predicted molar refractivity (Wildman–Crippen MR) is 84.0 cm³/mol. The van der Waals surface area contributed by atoms with E-state index >= 15 is 0 Å². The number of fused-ring (bicyclic) bond motifs is 1. The van der Waals surface area contributed by atoms with Crippen LogP contribution >= 0.6 is 34.9 Å². The third-order valence-electron chi connectivity index (χ3n) is 3.75. The van der Waals surface area contributed by atoms with Crippen LogP contribution in [-0.4, -0.2) is 28.8 Å². The summed E-state index contributed by atoms with van der Waals surface area (Å²) in [6.07, 6.45) is 3.79. The van der Waals surface area contributed by atoms with E-state index < -0.39 is 0 Å². The van der Waals surface area contributed by atoms with Gasteiger partial charge in [-0.2, -0.15) is 11.8 Å². The van der Waals surface area contributed by atoms with Crippen molar-refractivity contribution in [2.75, 3.05) is 18.6 Å². The largest absolute Gasteiger partial charge is 0.312 e. The van der Waals surface area contributed by atoms with Crippen LogP contribution in [0.1, 0.15) is 46.6 Å². The summed E-state index contributed by atoms with van der Waals surface area (Å²) >= 11 is 6.19. The molecule has 2 aliphatic rings. The highest BCUT2D eigenvalue weighted by molar-refractivity contribution is 8.06.